The summed E-state index contributed by atoms with van der Waals surface area (Å²) in [6.45, 7) is 0. The molecule has 2 heteroatoms. The van der Waals surface area contributed by atoms with Gasteiger partial charge in [0.15, 0.2) is 0 Å². The first-order valence-corrected chi connectivity index (χ1v) is 31.4. The highest BCUT2D eigenvalue weighted by molar-refractivity contribution is 6.84. The van der Waals surface area contributed by atoms with E-state index in [2.05, 4.69) is 30.3 Å². The molecule has 1 unspecified atom stereocenters. The van der Waals surface area contributed by atoms with Crippen molar-refractivity contribution in [3.63, 3.8) is 0 Å². The van der Waals surface area contributed by atoms with Gasteiger partial charge >= 0.3 is 5.97 Å². The molecule has 2 spiro atoms. The molecule has 34 aromatic rings. The van der Waals surface area contributed by atoms with E-state index in [9.17, 15) is 4.79 Å². The molecule has 0 saturated heterocycles. The molecule has 2 nitrogen and oxygen atoms in total. The highest BCUT2D eigenvalue weighted by Gasteiger charge is 2.94. The standard InChI is InChI=1S/C82H14O2/c1-84-11(83)8-5-9-80(10-6-3-2-4-7-10)81-76-68-60-50-40-33-24-18-12-13-15-17-16-14(12)20-27-22(16)31-32-23(17)28-21(15)30-26(19(13)24)35-41(33)51(50)61-55-45(35)37(30)47-39(28)49-43(32)53-52-42(31)48-38(27)46-36-29(20)25(18)34(40)44(36)54(60)64-58(46)66-56(48)62(52)70-71-63(53)57(49)67-59(47)65(55)73(77(81)69(61)68)75(67)79(71)82(80,81)78(70)74(66)72(64)76/h2-4,6-7H,5,8-9H2,1H3. The summed E-state index contributed by atoms with van der Waals surface area (Å²) in [5.74, 6) is -0.0798. The number of hydrogen-bond donors (Lipinski definition) is 0. The van der Waals surface area contributed by atoms with Gasteiger partial charge in [0.1, 0.15) is 0 Å². The average molecular weight is 1030 g/mol. The van der Waals surface area contributed by atoms with E-state index in [0.29, 0.717) is 6.42 Å². The van der Waals surface area contributed by atoms with Crippen molar-refractivity contribution in [2.45, 2.75) is 35.5 Å². The van der Waals surface area contributed by atoms with Crippen molar-refractivity contribution in [3.05, 3.63) is 58.1 Å². The summed E-state index contributed by atoms with van der Waals surface area (Å²) in [7, 11) is 1.61. The lowest BCUT2D eigenvalue weighted by molar-refractivity contribution is -0.140. The maximum Gasteiger partial charge on any atom is 0.305 e. The number of ether oxygens (including phenoxy) is 1. The third-order valence-corrected chi connectivity index (χ3v) is 30.7. The highest BCUT2D eigenvalue weighted by atomic mass is 16.5. The quantitative estimate of drug-likeness (QED) is 0.0975. The SMILES string of the molecule is COC(=O)CCCC1(c2ccccc2)C23c4c5c6c7c8c9c(c%10c%11c2c2c4c4c%12c5c5c6c6c8c8c%13c9c9c%10c%10c%11c%11c2c2c4c4c%14c%12c%12c5c5c6c8c6c8c%13c9c9c%10c%10c%11c%11c2c4c2c4c%14c%12c%12c5c6c5c6c8c9c8c%10c%11c2c(c86)c4c%125)C713. The van der Waals surface area contributed by atoms with Gasteiger partial charge in [-0.1, -0.05) is 30.3 Å². The van der Waals surface area contributed by atoms with Crippen molar-refractivity contribution in [2.75, 3.05) is 7.11 Å². The minimum Gasteiger partial charge on any atom is -0.469 e. The summed E-state index contributed by atoms with van der Waals surface area (Å²) in [5, 5.41) is 105. The molecule has 1 atom stereocenters. The molecule has 0 N–H and O–H groups in total. The minimum absolute atomic E-state index is 0.0798. The number of carbonyl (C=O) groups excluding carboxylic acids is 1. The van der Waals surface area contributed by atoms with Gasteiger partial charge < -0.3 is 4.74 Å². The molecule has 1 saturated carbocycles. The second-order valence-electron chi connectivity index (χ2n) is 30.7. The lowest BCUT2D eigenvalue weighted by Gasteiger charge is -2.32. The van der Waals surface area contributed by atoms with Crippen LogP contribution in [0.4, 0.5) is 0 Å². The van der Waals surface area contributed by atoms with E-state index in [1.165, 1.54) is 5.56 Å². The number of methoxy groups -OCH3 is 1. The Hall–Kier alpha value is -10.2. The lowest BCUT2D eigenvalue weighted by atomic mass is 9.68. The summed E-state index contributed by atoms with van der Waals surface area (Å²) < 4.78 is 5.64. The van der Waals surface area contributed by atoms with Crippen LogP contribution in [0.5, 0.6) is 0 Å². The van der Waals surface area contributed by atoms with Crippen molar-refractivity contribution >= 4 is 351 Å². The Morgan fingerprint density at radius 3 is 0.595 bits per heavy atom. The van der Waals surface area contributed by atoms with Crippen LogP contribution in [-0.4, -0.2) is 13.1 Å². The normalized spacial score (nSPS) is 22.9. The van der Waals surface area contributed by atoms with Crippen molar-refractivity contribution in [3.8, 4) is 0 Å². The lowest BCUT2D eigenvalue weighted by Crippen LogP contribution is -2.27. The predicted molar refractivity (Wildman–Crippen MR) is 351 cm³/mol. The summed E-state index contributed by atoms with van der Waals surface area (Å²) in [6, 6.07) is 12.2. The van der Waals surface area contributed by atoms with E-state index in [4.69, 9.17) is 4.74 Å². The van der Waals surface area contributed by atoms with Gasteiger partial charge in [-0.2, -0.15) is 0 Å². The second-order valence-corrected chi connectivity index (χ2v) is 30.7. The summed E-state index contributed by atoms with van der Waals surface area (Å²) in [6.07, 6.45) is 2.14. The zero-order valence-electron chi connectivity index (χ0n) is 43.3. The highest BCUT2D eigenvalue weighted by Crippen LogP contribution is 2.97. The molecule has 0 bridgehead atoms. The van der Waals surface area contributed by atoms with E-state index in [0.717, 1.165) is 12.8 Å². The zero-order valence-corrected chi connectivity index (χ0v) is 43.3. The van der Waals surface area contributed by atoms with Gasteiger partial charge in [0, 0.05) is 22.7 Å². The third kappa shape index (κ3) is 1.69. The second kappa shape index (κ2) is 7.31. The van der Waals surface area contributed by atoms with Crippen LogP contribution in [0.1, 0.15) is 47.1 Å². The van der Waals surface area contributed by atoms with Gasteiger partial charge in [0.25, 0.3) is 0 Å². The fourth-order valence-corrected chi connectivity index (χ4v) is 30.8. The van der Waals surface area contributed by atoms with Crippen LogP contribution in [0.15, 0.2) is 30.3 Å². The first kappa shape index (κ1) is 31.9. The topological polar surface area (TPSA) is 26.3 Å². The molecule has 84 heavy (non-hydrogen) atoms. The largest absolute Gasteiger partial charge is 0.469 e. The first-order valence-electron chi connectivity index (χ1n) is 31.4. The van der Waals surface area contributed by atoms with E-state index >= 15 is 0 Å². The van der Waals surface area contributed by atoms with E-state index < -0.39 is 10.8 Å². The molecule has 354 valence electrons. The van der Waals surface area contributed by atoms with Crippen LogP contribution in [0, 0.1) is 0 Å². The van der Waals surface area contributed by atoms with Crippen molar-refractivity contribution < 1.29 is 9.53 Å². The number of benzene rings is 24. The Kier molecular flexibility index (Phi) is 2.78. The van der Waals surface area contributed by atoms with Crippen LogP contribution < -0.4 is 0 Å². The fourth-order valence-electron chi connectivity index (χ4n) is 30.8. The van der Waals surface area contributed by atoms with E-state index in [-0.39, 0.29) is 11.4 Å². The van der Waals surface area contributed by atoms with Gasteiger partial charge in [-0.3, -0.25) is 4.79 Å². The molecule has 39 rings (SSSR count). The van der Waals surface area contributed by atoms with Crippen molar-refractivity contribution in [1.82, 2.24) is 0 Å². The number of carbonyl (C=O) groups is 1. The average Bonchev–Trinajstić information content (AvgIpc) is 1.36. The third-order valence-electron chi connectivity index (χ3n) is 30.7. The van der Waals surface area contributed by atoms with E-state index in [1.807, 2.05) is 0 Å². The number of rotatable bonds is 5. The summed E-state index contributed by atoms with van der Waals surface area (Å²) in [4.78, 5) is 13.9. The van der Waals surface area contributed by atoms with Crippen molar-refractivity contribution in [2.24, 2.45) is 0 Å². The molecule has 34 aromatic carbocycles. The Morgan fingerprint density at radius 2 is 0.429 bits per heavy atom. The molecule has 5 aliphatic rings. The molecular weight excluding hydrogens is 1020 g/mol. The molecule has 0 amide bonds. The number of esters is 1. The summed E-state index contributed by atoms with van der Waals surface area (Å²) in [5.41, 5.74) is 7.19. The molecule has 0 aromatic heterocycles. The molecule has 0 heterocycles. The smallest absolute Gasteiger partial charge is 0.305 e. The minimum atomic E-state index is -0.396. The maximum absolute atomic E-state index is 13.9. The predicted octanol–water partition coefficient (Wildman–Crippen LogP) is 21.5. The molecule has 0 radical (unpaired) electrons. The van der Waals surface area contributed by atoms with Crippen LogP contribution in [-0.2, 0) is 25.8 Å². The maximum atomic E-state index is 13.9. The van der Waals surface area contributed by atoms with Gasteiger partial charge in [0.05, 0.1) is 7.11 Å². The zero-order chi connectivity index (χ0) is 50.3. The van der Waals surface area contributed by atoms with Crippen LogP contribution in [0.3, 0.4) is 0 Å². The van der Waals surface area contributed by atoms with Crippen molar-refractivity contribution in [1.29, 1.82) is 0 Å². The molecule has 5 aliphatic carbocycles. The fraction of sp³-hybridized carbons (Fsp3) is 0.0854. The summed E-state index contributed by atoms with van der Waals surface area (Å²) >= 11 is 0. The Balaban J connectivity index is 1.06. The van der Waals surface area contributed by atoms with Gasteiger partial charge in [-0.25, -0.2) is 0 Å². The van der Waals surface area contributed by atoms with Crippen LogP contribution in [0.25, 0.3) is 345 Å². The number of hydrogen-bond acceptors (Lipinski definition) is 2. The first-order chi connectivity index (χ1) is 41.8. The van der Waals surface area contributed by atoms with Crippen LogP contribution in [0.2, 0.25) is 0 Å². The molecule has 0 aliphatic heterocycles. The Bertz CT molecular complexity index is 8770. The Morgan fingerprint density at radius 1 is 0.262 bits per heavy atom. The Labute approximate surface area is 458 Å². The molecular formula is C82H14O2. The van der Waals surface area contributed by atoms with E-state index in [1.54, 1.807) is 374 Å². The van der Waals surface area contributed by atoms with Gasteiger partial charge in [-0.15, -0.1) is 0 Å². The van der Waals surface area contributed by atoms with Gasteiger partial charge in [0.2, 0.25) is 0 Å². The van der Waals surface area contributed by atoms with Crippen LogP contribution >= 0.6 is 0 Å². The monoisotopic (exact) mass is 1030 g/mol. The van der Waals surface area contributed by atoms with Gasteiger partial charge in [-0.05, 0) is 385 Å². The molecule has 1 fully saturated rings.